The summed E-state index contributed by atoms with van der Waals surface area (Å²) in [4.78, 5) is 0. The molecule has 0 saturated heterocycles. The van der Waals surface area contributed by atoms with E-state index in [-0.39, 0.29) is 6.61 Å². The lowest BCUT2D eigenvalue weighted by atomic mass is 10.0. The highest BCUT2D eigenvalue weighted by Crippen LogP contribution is 2.10. The average molecular weight is 178 g/mol. The van der Waals surface area contributed by atoms with Crippen LogP contribution in [-0.4, -0.2) is 11.7 Å². The standard InChI is InChI=1S/C12H18O/c1-3-11-4-6-12(7-5-11)8-10(2)9-13/h4-7,10,13H,3,8-9H2,1-2H3/t10-/m1/s1. The fourth-order valence-electron chi connectivity index (χ4n) is 1.38. The first kappa shape index (κ1) is 10.3. The summed E-state index contributed by atoms with van der Waals surface area (Å²) < 4.78 is 0. The average Bonchev–Trinajstić information content (AvgIpc) is 2.19. The topological polar surface area (TPSA) is 20.2 Å². The molecule has 1 aromatic rings. The molecule has 0 bridgehead atoms. The maximum atomic E-state index is 8.90. The van der Waals surface area contributed by atoms with Crippen molar-refractivity contribution in [2.45, 2.75) is 26.7 Å². The van der Waals surface area contributed by atoms with Crippen molar-refractivity contribution in [3.63, 3.8) is 0 Å². The van der Waals surface area contributed by atoms with Gasteiger partial charge in [0.05, 0.1) is 0 Å². The van der Waals surface area contributed by atoms with Gasteiger partial charge in [-0.15, -0.1) is 0 Å². The van der Waals surface area contributed by atoms with Crippen LogP contribution >= 0.6 is 0 Å². The van der Waals surface area contributed by atoms with Gasteiger partial charge in [-0.25, -0.2) is 0 Å². The van der Waals surface area contributed by atoms with Gasteiger partial charge in [0.15, 0.2) is 0 Å². The Morgan fingerprint density at radius 1 is 1.15 bits per heavy atom. The monoisotopic (exact) mass is 178 g/mol. The van der Waals surface area contributed by atoms with Crippen LogP contribution in [0.4, 0.5) is 0 Å². The molecule has 0 aromatic heterocycles. The van der Waals surface area contributed by atoms with Crippen LogP contribution in [0.2, 0.25) is 0 Å². The zero-order valence-corrected chi connectivity index (χ0v) is 8.46. The van der Waals surface area contributed by atoms with Gasteiger partial charge in [-0.05, 0) is 29.9 Å². The molecule has 1 rings (SSSR count). The Morgan fingerprint density at radius 3 is 2.15 bits per heavy atom. The Bertz CT molecular complexity index is 238. The predicted molar refractivity (Wildman–Crippen MR) is 55.8 cm³/mol. The molecule has 0 aliphatic rings. The summed E-state index contributed by atoms with van der Waals surface area (Å²) in [5.41, 5.74) is 2.69. The Balaban J connectivity index is 2.58. The first-order valence-corrected chi connectivity index (χ1v) is 4.95. The SMILES string of the molecule is CCc1ccc(C[C@@H](C)CO)cc1. The third kappa shape index (κ3) is 3.19. The molecule has 0 aliphatic heterocycles. The van der Waals surface area contributed by atoms with Crippen LogP contribution in [0.25, 0.3) is 0 Å². The molecule has 0 fully saturated rings. The van der Waals surface area contributed by atoms with Gasteiger partial charge in [0.2, 0.25) is 0 Å². The van der Waals surface area contributed by atoms with Gasteiger partial charge in [0, 0.05) is 6.61 Å². The second-order valence-corrected chi connectivity index (χ2v) is 3.66. The molecule has 0 heterocycles. The number of hydrogen-bond donors (Lipinski definition) is 1. The predicted octanol–water partition coefficient (Wildman–Crippen LogP) is 2.42. The van der Waals surface area contributed by atoms with E-state index in [0.29, 0.717) is 5.92 Å². The first-order chi connectivity index (χ1) is 6.26. The maximum Gasteiger partial charge on any atom is 0.0459 e. The van der Waals surface area contributed by atoms with E-state index < -0.39 is 0 Å². The van der Waals surface area contributed by atoms with Gasteiger partial charge >= 0.3 is 0 Å². The lowest BCUT2D eigenvalue weighted by Gasteiger charge is -2.07. The minimum atomic E-state index is 0.273. The van der Waals surface area contributed by atoms with Crippen molar-refractivity contribution in [3.8, 4) is 0 Å². The second-order valence-electron chi connectivity index (χ2n) is 3.66. The number of hydrogen-bond acceptors (Lipinski definition) is 1. The zero-order chi connectivity index (χ0) is 9.68. The van der Waals surface area contributed by atoms with Gasteiger partial charge in [0.25, 0.3) is 0 Å². The molecule has 0 unspecified atom stereocenters. The Labute approximate surface area is 80.4 Å². The first-order valence-electron chi connectivity index (χ1n) is 4.95. The van der Waals surface area contributed by atoms with Crippen LogP contribution in [0.3, 0.4) is 0 Å². The molecule has 1 nitrogen and oxygen atoms in total. The molecule has 1 atom stereocenters. The molecule has 1 heteroatoms. The summed E-state index contributed by atoms with van der Waals surface area (Å²) in [5, 5.41) is 8.90. The van der Waals surface area contributed by atoms with Gasteiger partial charge in [-0.1, -0.05) is 38.1 Å². The fraction of sp³-hybridized carbons (Fsp3) is 0.500. The molecule has 1 aromatic carbocycles. The Kier molecular flexibility index (Phi) is 3.97. The van der Waals surface area contributed by atoms with Crippen LogP contribution in [0.15, 0.2) is 24.3 Å². The molecular formula is C12H18O. The van der Waals surface area contributed by atoms with Crippen LogP contribution in [-0.2, 0) is 12.8 Å². The number of aliphatic hydroxyl groups excluding tert-OH is 1. The Morgan fingerprint density at radius 2 is 1.69 bits per heavy atom. The Hall–Kier alpha value is -0.820. The molecule has 0 amide bonds. The quantitative estimate of drug-likeness (QED) is 0.750. The van der Waals surface area contributed by atoms with Crippen molar-refractivity contribution in [2.75, 3.05) is 6.61 Å². The lowest BCUT2D eigenvalue weighted by molar-refractivity contribution is 0.237. The molecule has 72 valence electrons. The lowest BCUT2D eigenvalue weighted by Crippen LogP contribution is -2.04. The zero-order valence-electron chi connectivity index (χ0n) is 8.46. The van der Waals surface area contributed by atoms with Crippen LogP contribution < -0.4 is 0 Å². The summed E-state index contributed by atoms with van der Waals surface area (Å²) in [7, 11) is 0. The van der Waals surface area contributed by atoms with Crippen LogP contribution in [0, 0.1) is 5.92 Å². The van der Waals surface area contributed by atoms with Gasteiger partial charge in [-0.3, -0.25) is 0 Å². The normalized spacial score (nSPS) is 12.8. The van der Waals surface area contributed by atoms with E-state index in [4.69, 9.17) is 5.11 Å². The van der Waals surface area contributed by atoms with Crippen molar-refractivity contribution in [3.05, 3.63) is 35.4 Å². The van der Waals surface area contributed by atoms with E-state index >= 15 is 0 Å². The summed E-state index contributed by atoms with van der Waals surface area (Å²) in [6.07, 6.45) is 2.07. The number of aryl methyl sites for hydroxylation is 1. The molecule has 0 radical (unpaired) electrons. The summed E-state index contributed by atoms with van der Waals surface area (Å²) >= 11 is 0. The molecule has 1 N–H and O–H groups in total. The summed E-state index contributed by atoms with van der Waals surface area (Å²) in [5.74, 6) is 0.368. The van der Waals surface area contributed by atoms with E-state index in [2.05, 4.69) is 38.1 Å². The van der Waals surface area contributed by atoms with E-state index in [1.165, 1.54) is 11.1 Å². The highest BCUT2D eigenvalue weighted by atomic mass is 16.3. The molecule has 13 heavy (non-hydrogen) atoms. The van der Waals surface area contributed by atoms with Crippen LogP contribution in [0.1, 0.15) is 25.0 Å². The summed E-state index contributed by atoms with van der Waals surface area (Å²) in [6, 6.07) is 8.65. The van der Waals surface area contributed by atoms with Crippen molar-refractivity contribution in [1.82, 2.24) is 0 Å². The molecule has 0 saturated carbocycles. The number of aliphatic hydroxyl groups is 1. The van der Waals surface area contributed by atoms with E-state index in [1.807, 2.05) is 0 Å². The third-order valence-corrected chi connectivity index (χ3v) is 2.33. The van der Waals surface area contributed by atoms with E-state index in [1.54, 1.807) is 0 Å². The minimum absolute atomic E-state index is 0.273. The molecular weight excluding hydrogens is 160 g/mol. The van der Waals surface area contributed by atoms with E-state index in [0.717, 1.165) is 12.8 Å². The highest BCUT2D eigenvalue weighted by Gasteiger charge is 2.01. The van der Waals surface area contributed by atoms with Crippen LogP contribution in [0.5, 0.6) is 0 Å². The van der Waals surface area contributed by atoms with Crippen molar-refractivity contribution < 1.29 is 5.11 Å². The largest absolute Gasteiger partial charge is 0.396 e. The number of benzene rings is 1. The van der Waals surface area contributed by atoms with Gasteiger partial charge < -0.3 is 5.11 Å². The highest BCUT2D eigenvalue weighted by molar-refractivity contribution is 5.22. The van der Waals surface area contributed by atoms with Crippen molar-refractivity contribution in [1.29, 1.82) is 0 Å². The van der Waals surface area contributed by atoms with Gasteiger partial charge in [0.1, 0.15) is 0 Å². The van der Waals surface area contributed by atoms with Crippen molar-refractivity contribution in [2.24, 2.45) is 5.92 Å². The fourth-order valence-corrected chi connectivity index (χ4v) is 1.38. The van der Waals surface area contributed by atoms with Gasteiger partial charge in [-0.2, -0.15) is 0 Å². The summed E-state index contributed by atoms with van der Waals surface area (Å²) in [6.45, 7) is 4.49. The molecule has 0 spiro atoms. The van der Waals surface area contributed by atoms with Crippen molar-refractivity contribution >= 4 is 0 Å². The minimum Gasteiger partial charge on any atom is -0.396 e. The third-order valence-electron chi connectivity index (χ3n) is 2.33. The van der Waals surface area contributed by atoms with E-state index in [9.17, 15) is 0 Å². The number of rotatable bonds is 4. The second kappa shape index (κ2) is 5.03. The maximum absolute atomic E-state index is 8.90. The smallest absolute Gasteiger partial charge is 0.0459 e. The molecule has 0 aliphatic carbocycles.